The van der Waals surface area contributed by atoms with Gasteiger partial charge >= 0.3 is 0 Å². The molecule has 5 heterocycles. The number of likely N-dealkylation sites (N-methyl/N-ethyl adjacent to an activating group) is 1. The third-order valence-electron chi connectivity index (χ3n) is 8.77. The van der Waals surface area contributed by atoms with Gasteiger partial charge in [0.05, 0.1) is 6.04 Å². The molecule has 0 aliphatic carbocycles. The summed E-state index contributed by atoms with van der Waals surface area (Å²) in [5.41, 5.74) is 3.94. The normalized spacial score (nSPS) is 18.8. The molecule has 2 fully saturated rings. The number of carbonyl (C=O) groups excluding carboxylic acids is 1. The van der Waals surface area contributed by atoms with E-state index in [-0.39, 0.29) is 17.5 Å². The minimum absolute atomic E-state index is 0.0296. The Morgan fingerprint density at radius 2 is 1.76 bits per heavy atom. The molecule has 1 aromatic carbocycles. The predicted molar refractivity (Wildman–Crippen MR) is 162 cm³/mol. The van der Waals surface area contributed by atoms with Gasteiger partial charge in [-0.05, 0) is 61.6 Å². The van der Waals surface area contributed by atoms with Gasteiger partial charge in [-0.15, -0.1) is 0 Å². The molecule has 1 unspecified atom stereocenters. The lowest BCUT2D eigenvalue weighted by atomic mass is 9.89. The van der Waals surface area contributed by atoms with E-state index in [2.05, 4.69) is 51.2 Å². The molecule has 0 spiro atoms. The number of pyridine rings is 2. The third kappa shape index (κ3) is 5.46. The number of fused-ring (bicyclic) bond motifs is 1. The lowest BCUT2D eigenvalue weighted by Gasteiger charge is -2.37. The zero-order valence-corrected chi connectivity index (χ0v) is 24.0. The van der Waals surface area contributed by atoms with E-state index in [9.17, 15) is 9.59 Å². The topological polar surface area (TPSA) is 86.7 Å². The SMILES string of the molecule is CC1C(=O)N(C)CCN1CCOc1ccc(C2CCN(c3ccc(-c4cn(C)c(=O)c5[nH]ccc45)cn3)CC2)cc1. The third-order valence-corrected chi connectivity index (χ3v) is 8.77. The number of carbonyl (C=O) groups is 1. The Balaban J connectivity index is 1.02. The van der Waals surface area contributed by atoms with Crippen molar-refractivity contribution in [2.45, 2.75) is 31.7 Å². The van der Waals surface area contributed by atoms with Crippen LogP contribution in [0.15, 0.2) is 65.8 Å². The number of anilines is 1. The molecule has 2 saturated heterocycles. The summed E-state index contributed by atoms with van der Waals surface area (Å²) in [6, 6.07) is 14.6. The maximum Gasteiger partial charge on any atom is 0.274 e. The summed E-state index contributed by atoms with van der Waals surface area (Å²) < 4.78 is 7.62. The van der Waals surface area contributed by atoms with E-state index < -0.39 is 0 Å². The Morgan fingerprint density at radius 1 is 0.976 bits per heavy atom. The van der Waals surface area contributed by atoms with Gasteiger partial charge in [0.25, 0.3) is 5.56 Å². The average molecular weight is 555 g/mol. The average Bonchev–Trinajstić information content (AvgIpc) is 3.50. The van der Waals surface area contributed by atoms with E-state index in [1.54, 1.807) is 16.5 Å². The highest BCUT2D eigenvalue weighted by Crippen LogP contribution is 2.32. The summed E-state index contributed by atoms with van der Waals surface area (Å²) in [5.74, 6) is 2.56. The number of aryl methyl sites for hydroxylation is 1. The molecule has 214 valence electrons. The number of rotatable bonds is 7. The molecule has 9 nitrogen and oxygen atoms in total. The number of benzene rings is 1. The van der Waals surface area contributed by atoms with Gasteiger partial charge in [-0.2, -0.15) is 0 Å². The molecule has 6 rings (SSSR count). The van der Waals surface area contributed by atoms with Crippen LogP contribution in [0.3, 0.4) is 0 Å². The number of ether oxygens (including phenoxy) is 1. The summed E-state index contributed by atoms with van der Waals surface area (Å²) in [6.45, 7) is 6.86. The van der Waals surface area contributed by atoms with Gasteiger partial charge in [-0.1, -0.05) is 12.1 Å². The quantitative estimate of drug-likeness (QED) is 0.374. The van der Waals surface area contributed by atoms with Crippen molar-refractivity contribution in [3.05, 3.63) is 77.0 Å². The first-order valence-electron chi connectivity index (χ1n) is 14.5. The second kappa shape index (κ2) is 11.4. The molecule has 4 aromatic rings. The van der Waals surface area contributed by atoms with Crippen molar-refractivity contribution in [3.8, 4) is 16.9 Å². The molecular weight excluding hydrogens is 516 g/mol. The van der Waals surface area contributed by atoms with E-state index in [0.29, 0.717) is 18.0 Å². The molecule has 9 heteroatoms. The highest BCUT2D eigenvalue weighted by Gasteiger charge is 2.29. The number of amides is 1. The second-order valence-electron chi connectivity index (χ2n) is 11.3. The molecule has 2 aliphatic heterocycles. The molecule has 2 aliphatic rings. The summed E-state index contributed by atoms with van der Waals surface area (Å²) in [6.07, 6.45) is 7.75. The first-order valence-corrected chi connectivity index (χ1v) is 14.5. The van der Waals surface area contributed by atoms with Crippen LogP contribution in [-0.2, 0) is 11.8 Å². The number of aromatic nitrogens is 3. The van der Waals surface area contributed by atoms with Crippen molar-refractivity contribution < 1.29 is 9.53 Å². The highest BCUT2D eigenvalue weighted by atomic mass is 16.5. The van der Waals surface area contributed by atoms with Crippen LogP contribution in [0, 0.1) is 0 Å². The molecule has 1 atom stereocenters. The lowest BCUT2D eigenvalue weighted by Crippen LogP contribution is -2.55. The Morgan fingerprint density at radius 3 is 2.49 bits per heavy atom. The number of hydrogen-bond donors (Lipinski definition) is 1. The summed E-state index contributed by atoms with van der Waals surface area (Å²) in [4.78, 5) is 38.8. The first-order chi connectivity index (χ1) is 19.9. The maximum absolute atomic E-state index is 12.4. The van der Waals surface area contributed by atoms with Crippen LogP contribution in [0.1, 0.15) is 31.2 Å². The zero-order valence-electron chi connectivity index (χ0n) is 24.0. The van der Waals surface area contributed by atoms with E-state index in [1.165, 1.54) is 5.56 Å². The van der Waals surface area contributed by atoms with Gasteiger partial charge in [0, 0.05) is 81.9 Å². The fourth-order valence-electron chi connectivity index (χ4n) is 6.15. The highest BCUT2D eigenvalue weighted by molar-refractivity contribution is 5.94. The van der Waals surface area contributed by atoms with Crippen LogP contribution >= 0.6 is 0 Å². The van der Waals surface area contributed by atoms with Gasteiger partial charge in [0.1, 0.15) is 23.7 Å². The molecule has 1 amide bonds. The van der Waals surface area contributed by atoms with Crippen LogP contribution in [-0.4, -0.2) is 82.7 Å². The van der Waals surface area contributed by atoms with E-state index in [1.807, 2.05) is 38.6 Å². The van der Waals surface area contributed by atoms with Crippen LogP contribution in [0.2, 0.25) is 0 Å². The second-order valence-corrected chi connectivity index (χ2v) is 11.3. The zero-order chi connectivity index (χ0) is 28.5. The van der Waals surface area contributed by atoms with Crippen molar-refractivity contribution >= 4 is 22.6 Å². The standard InChI is InChI=1S/C32H38N6O3/c1-22-31(39)35(2)16-17-37(22)18-19-41-26-7-4-23(5-8-26)24-11-14-38(15-12-24)29-9-6-25(20-34-29)28-21-36(3)32(40)30-27(28)10-13-33-30/h4-10,13,20-22,24,33H,11-12,14-19H2,1-3H3. The summed E-state index contributed by atoms with van der Waals surface area (Å²) in [7, 11) is 3.64. The molecular formula is C32H38N6O3. The summed E-state index contributed by atoms with van der Waals surface area (Å²) in [5, 5.41) is 0.918. The van der Waals surface area contributed by atoms with Crippen LogP contribution in [0.5, 0.6) is 5.75 Å². The molecule has 0 saturated carbocycles. The number of H-pyrrole nitrogens is 1. The largest absolute Gasteiger partial charge is 0.492 e. The van der Waals surface area contributed by atoms with Crippen LogP contribution in [0.4, 0.5) is 5.82 Å². The Kier molecular flexibility index (Phi) is 7.53. The van der Waals surface area contributed by atoms with Crippen molar-refractivity contribution in [1.29, 1.82) is 0 Å². The fourth-order valence-corrected chi connectivity index (χ4v) is 6.15. The number of aromatic amines is 1. The van der Waals surface area contributed by atoms with Crippen LogP contribution in [0.25, 0.3) is 22.0 Å². The smallest absolute Gasteiger partial charge is 0.274 e. The van der Waals surface area contributed by atoms with E-state index in [0.717, 1.165) is 73.6 Å². The van der Waals surface area contributed by atoms with Crippen molar-refractivity contribution in [2.24, 2.45) is 7.05 Å². The Bertz CT molecular complexity index is 1570. The molecule has 1 N–H and O–H groups in total. The minimum Gasteiger partial charge on any atom is -0.492 e. The number of nitrogens with zero attached hydrogens (tertiary/aromatic N) is 5. The van der Waals surface area contributed by atoms with Crippen molar-refractivity contribution in [2.75, 3.05) is 51.3 Å². The minimum atomic E-state index is -0.0882. The maximum atomic E-state index is 12.4. The predicted octanol–water partition coefficient (Wildman–Crippen LogP) is 3.85. The van der Waals surface area contributed by atoms with E-state index in [4.69, 9.17) is 9.72 Å². The van der Waals surface area contributed by atoms with E-state index >= 15 is 0 Å². The monoisotopic (exact) mass is 554 g/mol. The van der Waals surface area contributed by atoms with Gasteiger partial charge in [0.2, 0.25) is 5.91 Å². The van der Waals surface area contributed by atoms with Gasteiger partial charge in [0.15, 0.2) is 0 Å². The first kappa shape index (κ1) is 27.1. The van der Waals surface area contributed by atoms with Gasteiger partial charge in [-0.3, -0.25) is 14.5 Å². The number of hydrogen-bond acceptors (Lipinski definition) is 6. The van der Waals surface area contributed by atoms with Crippen LogP contribution < -0.4 is 15.2 Å². The molecule has 0 radical (unpaired) electrons. The Labute approximate surface area is 240 Å². The van der Waals surface area contributed by atoms with Crippen molar-refractivity contribution in [1.82, 2.24) is 24.3 Å². The molecule has 3 aromatic heterocycles. The fraction of sp³-hybridized carbons (Fsp3) is 0.406. The number of nitrogens with one attached hydrogen (secondary N) is 1. The number of piperazine rings is 1. The van der Waals surface area contributed by atoms with Gasteiger partial charge < -0.3 is 24.1 Å². The molecule has 0 bridgehead atoms. The summed E-state index contributed by atoms with van der Waals surface area (Å²) >= 11 is 0. The number of piperidine rings is 1. The molecule has 41 heavy (non-hydrogen) atoms. The van der Waals surface area contributed by atoms with Gasteiger partial charge in [-0.25, -0.2) is 4.98 Å². The van der Waals surface area contributed by atoms with Crippen molar-refractivity contribution in [3.63, 3.8) is 0 Å². The Hall–Kier alpha value is -4.11. The lowest BCUT2D eigenvalue weighted by molar-refractivity contribution is -0.139.